The van der Waals surface area contributed by atoms with Crippen molar-refractivity contribution in [2.75, 3.05) is 12.0 Å². The fraction of sp³-hybridized carbons (Fsp3) is 0.333. The summed E-state index contributed by atoms with van der Waals surface area (Å²) in [5.41, 5.74) is 2.35. The molecule has 0 bridgehead atoms. The molecule has 6 heteroatoms. The van der Waals surface area contributed by atoms with Crippen LogP contribution >= 0.6 is 11.6 Å². The van der Waals surface area contributed by atoms with Crippen LogP contribution in [0.3, 0.4) is 0 Å². The second-order valence-electron chi connectivity index (χ2n) is 1.96. The van der Waals surface area contributed by atoms with Crippen molar-refractivity contribution >= 4 is 17.4 Å². The molecule has 0 aliphatic carbocycles. The lowest BCUT2D eigenvalue weighted by molar-refractivity contribution is 0.340. The van der Waals surface area contributed by atoms with Gasteiger partial charge in [-0.1, -0.05) is 11.6 Å². The maximum Gasteiger partial charge on any atom is 0.205 e. The van der Waals surface area contributed by atoms with Crippen molar-refractivity contribution < 1.29 is 4.74 Å². The van der Waals surface area contributed by atoms with Gasteiger partial charge in [0.25, 0.3) is 0 Å². The largest absolute Gasteiger partial charge is 0.490 e. The zero-order chi connectivity index (χ0) is 8.97. The maximum absolute atomic E-state index is 5.59. The number of halogens is 1. The molecule has 1 aromatic heterocycles. The average molecular weight is 189 g/mol. The Kier molecular flexibility index (Phi) is 3.07. The summed E-state index contributed by atoms with van der Waals surface area (Å²) in [6, 6.07) is 1.55. The van der Waals surface area contributed by atoms with E-state index in [1.807, 2.05) is 6.92 Å². The summed E-state index contributed by atoms with van der Waals surface area (Å²) in [5.74, 6) is 6.03. The van der Waals surface area contributed by atoms with Crippen LogP contribution in [-0.2, 0) is 0 Å². The third kappa shape index (κ3) is 1.96. The number of aromatic nitrogens is 2. The van der Waals surface area contributed by atoms with Gasteiger partial charge in [0.15, 0.2) is 10.9 Å². The Morgan fingerprint density at radius 1 is 1.67 bits per heavy atom. The Bertz CT molecular complexity index is 268. The van der Waals surface area contributed by atoms with E-state index < -0.39 is 0 Å². The van der Waals surface area contributed by atoms with Crippen LogP contribution in [0.1, 0.15) is 6.92 Å². The van der Waals surface area contributed by atoms with E-state index >= 15 is 0 Å². The third-order valence-corrected chi connectivity index (χ3v) is 1.35. The van der Waals surface area contributed by atoms with Gasteiger partial charge in [0.1, 0.15) is 0 Å². The van der Waals surface area contributed by atoms with Gasteiger partial charge in [-0.25, -0.2) is 5.84 Å². The number of rotatable bonds is 3. The number of hydrogen-bond acceptors (Lipinski definition) is 5. The minimum Gasteiger partial charge on any atom is -0.490 e. The number of nitrogens with two attached hydrogens (primary N) is 1. The fourth-order valence-corrected chi connectivity index (χ4v) is 0.855. The van der Waals surface area contributed by atoms with Gasteiger partial charge in [-0.2, -0.15) is 0 Å². The van der Waals surface area contributed by atoms with Gasteiger partial charge in [-0.3, -0.25) is 0 Å². The zero-order valence-electron chi connectivity index (χ0n) is 6.54. The first kappa shape index (κ1) is 9.02. The molecule has 0 saturated carbocycles. The quantitative estimate of drug-likeness (QED) is 0.543. The number of anilines is 1. The molecule has 0 atom stereocenters. The van der Waals surface area contributed by atoms with Crippen molar-refractivity contribution in [1.82, 2.24) is 10.2 Å². The van der Waals surface area contributed by atoms with Gasteiger partial charge in [0, 0.05) is 6.07 Å². The molecule has 3 N–H and O–H groups in total. The molecular formula is C6H9ClN4O. The van der Waals surface area contributed by atoms with E-state index in [1.165, 1.54) is 0 Å². The molecule has 0 unspecified atom stereocenters. The van der Waals surface area contributed by atoms with Crippen LogP contribution in [0.4, 0.5) is 5.82 Å². The predicted octanol–water partition coefficient (Wildman–Crippen LogP) is 0.814. The Labute approximate surface area is 74.8 Å². The first-order valence-electron chi connectivity index (χ1n) is 3.40. The van der Waals surface area contributed by atoms with Crippen LogP contribution in [0.25, 0.3) is 0 Å². The van der Waals surface area contributed by atoms with Crippen LogP contribution in [0.5, 0.6) is 5.75 Å². The Morgan fingerprint density at radius 2 is 2.42 bits per heavy atom. The van der Waals surface area contributed by atoms with Gasteiger partial charge in [-0.05, 0) is 6.92 Å². The van der Waals surface area contributed by atoms with Crippen molar-refractivity contribution in [1.29, 1.82) is 0 Å². The number of nitrogen functional groups attached to an aromatic ring is 1. The summed E-state index contributed by atoms with van der Waals surface area (Å²) in [4.78, 5) is 0. The number of ether oxygens (including phenoxy) is 1. The van der Waals surface area contributed by atoms with Crippen molar-refractivity contribution in [3.8, 4) is 5.75 Å². The maximum atomic E-state index is 5.59. The minimum atomic E-state index is 0.275. The van der Waals surface area contributed by atoms with Crippen LogP contribution in [0.15, 0.2) is 6.07 Å². The van der Waals surface area contributed by atoms with Crippen LogP contribution in [0, 0.1) is 0 Å². The summed E-state index contributed by atoms with van der Waals surface area (Å²) >= 11 is 5.59. The van der Waals surface area contributed by atoms with Gasteiger partial charge >= 0.3 is 0 Å². The van der Waals surface area contributed by atoms with E-state index in [1.54, 1.807) is 6.07 Å². The number of hydrogen-bond donors (Lipinski definition) is 2. The zero-order valence-corrected chi connectivity index (χ0v) is 7.30. The van der Waals surface area contributed by atoms with Gasteiger partial charge in [0.05, 0.1) is 6.61 Å². The van der Waals surface area contributed by atoms with E-state index in [0.29, 0.717) is 18.2 Å². The van der Waals surface area contributed by atoms with E-state index in [2.05, 4.69) is 15.6 Å². The molecule has 1 aromatic rings. The predicted molar refractivity (Wildman–Crippen MR) is 46.0 cm³/mol. The smallest absolute Gasteiger partial charge is 0.205 e. The first-order chi connectivity index (χ1) is 5.77. The van der Waals surface area contributed by atoms with Crippen molar-refractivity contribution in [3.63, 3.8) is 0 Å². The Balaban J connectivity index is 2.95. The highest BCUT2D eigenvalue weighted by Gasteiger charge is 2.04. The molecule has 0 radical (unpaired) electrons. The van der Waals surface area contributed by atoms with Crippen LogP contribution < -0.4 is 16.0 Å². The van der Waals surface area contributed by atoms with Crippen LogP contribution in [0.2, 0.25) is 5.15 Å². The minimum absolute atomic E-state index is 0.275. The molecule has 66 valence electrons. The summed E-state index contributed by atoms with van der Waals surface area (Å²) < 4.78 is 5.18. The van der Waals surface area contributed by atoms with Crippen molar-refractivity contribution in [2.45, 2.75) is 6.92 Å². The molecular weight excluding hydrogens is 180 g/mol. The molecule has 1 rings (SSSR count). The molecule has 0 aliphatic heterocycles. The van der Waals surface area contributed by atoms with E-state index in [4.69, 9.17) is 22.2 Å². The third-order valence-electron chi connectivity index (χ3n) is 1.17. The lowest BCUT2D eigenvalue weighted by Crippen LogP contribution is -2.11. The van der Waals surface area contributed by atoms with E-state index in [0.717, 1.165) is 0 Å². The normalized spacial score (nSPS) is 9.58. The Morgan fingerprint density at radius 3 is 3.00 bits per heavy atom. The number of hydrazine groups is 1. The lowest BCUT2D eigenvalue weighted by Gasteiger charge is -2.06. The van der Waals surface area contributed by atoms with E-state index in [9.17, 15) is 0 Å². The average Bonchev–Trinajstić information content (AvgIpc) is 2.05. The highest BCUT2D eigenvalue weighted by atomic mass is 35.5. The molecule has 0 amide bonds. The van der Waals surface area contributed by atoms with E-state index in [-0.39, 0.29) is 5.15 Å². The topological polar surface area (TPSA) is 73.1 Å². The molecule has 12 heavy (non-hydrogen) atoms. The van der Waals surface area contributed by atoms with Gasteiger partial charge < -0.3 is 10.2 Å². The molecule has 0 fully saturated rings. The molecule has 1 heterocycles. The number of nitrogens with zero attached hydrogens (tertiary/aromatic N) is 2. The molecule has 0 saturated heterocycles. The summed E-state index contributed by atoms with van der Waals surface area (Å²) in [7, 11) is 0. The van der Waals surface area contributed by atoms with Crippen LogP contribution in [-0.4, -0.2) is 16.8 Å². The lowest BCUT2D eigenvalue weighted by atomic mass is 10.5. The second-order valence-corrected chi connectivity index (χ2v) is 2.34. The summed E-state index contributed by atoms with van der Waals surface area (Å²) in [6.07, 6.45) is 0. The highest BCUT2D eigenvalue weighted by molar-refractivity contribution is 6.29. The first-order valence-corrected chi connectivity index (χ1v) is 3.78. The van der Waals surface area contributed by atoms with Gasteiger partial charge in [-0.15, -0.1) is 10.2 Å². The SMILES string of the molecule is CCOc1cc(Cl)nnc1NN. The second kappa shape index (κ2) is 4.08. The molecule has 0 aliphatic rings. The van der Waals surface area contributed by atoms with Crippen molar-refractivity contribution in [3.05, 3.63) is 11.2 Å². The molecule has 0 aromatic carbocycles. The standard InChI is InChI=1S/C6H9ClN4O/c1-2-12-4-3-5(7)10-11-6(4)9-8/h3H,2,8H2,1H3,(H,9,11). The highest BCUT2D eigenvalue weighted by Crippen LogP contribution is 2.22. The Hall–Kier alpha value is -1.07. The number of nitrogens with one attached hydrogen (secondary N) is 1. The van der Waals surface area contributed by atoms with Gasteiger partial charge in [0.2, 0.25) is 5.82 Å². The monoisotopic (exact) mass is 188 g/mol. The van der Waals surface area contributed by atoms with Crippen molar-refractivity contribution in [2.24, 2.45) is 5.84 Å². The summed E-state index contributed by atoms with van der Waals surface area (Å²) in [6.45, 7) is 2.38. The fourth-order valence-electron chi connectivity index (χ4n) is 0.718. The molecule has 0 spiro atoms. The molecule has 5 nitrogen and oxygen atoms in total. The summed E-state index contributed by atoms with van der Waals surface area (Å²) in [5, 5.41) is 7.53.